The molecule has 0 aromatic carbocycles. The molecule has 1 N–H and O–H groups in total. The fourth-order valence-electron chi connectivity index (χ4n) is 2.86. The zero-order valence-electron chi connectivity index (χ0n) is 9.26. The summed E-state index contributed by atoms with van der Waals surface area (Å²) in [5, 5.41) is 9.18. The molecule has 3 rings (SSSR count). The smallest absolute Gasteiger partial charge is 0.308 e. The lowest BCUT2D eigenvalue weighted by Crippen LogP contribution is -2.31. The van der Waals surface area contributed by atoms with Crippen molar-refractivity contribution in [3.8, 4) is 0 Å². The summed E-state index contributed by atoms with van der Waals surface area (Å²) < 4.78 is 0. The van der Waals surface area contributed by atoms with Crippen molar-refractivity contribution in [2.24, 2.45) is 23.7 Å². The molecule has 88 valence electrons. The molecule has 0 bridgehead atoms. The molecule has 4 heteroatoms. The summed E-state index contributed by atoms with van der Waals surface area (Å²) >= 11 is 0. The van der Waals surface area contributed by atoms with Crippen LogP contribution in [0.5, 0.6) is 0 Å². The van der Waals surface area contributed by atoms with Crippen LogP contribution in [0.1, 0.15) is 25.7 Å². The van der Waals surface area contributed by atoms with E-state index in [1.165, 1.54) is 0 Å². The Labute approximate surface area is 94.6 Å². The average Bonchev–Trinajstić information content (AvgIpc) is 3.13. The maximum atomic E-state index is 11.9. The standard InChI is InChI=1S/C12H17NO3/c14-11(8-3-4-8)13-5-9(7-1-2-7)10(6-13)12(15)16/h7-10H,1-6H2,(H,15,16)/t9-,10+/m1/s1. The summed E-state index contributed by atoms with van der Waals surface area (Å²) in [6, 6.07) is 0. The first-order valence-corrected chi connectivity index (χ1v) is 6.18. The number of likely N-dealkylation sites (tertiary alicyclic amines) is 1. The molecule has 0 unspecified atom stereocenters. The van der Waals surface area contributed by atoms with Gasteiger partial charge in [-0.25, -0.2) is 0 Å². The molecule has 0 radical (unpaired) electrons. The van der Waals surface area contributed by atoms with E-state index in [4.69, 9.17) is 0 Å². The van der Waals surface area contributed by atoms with Gasteiger partial charge in [0.1, 0.15) is 0 Å². The highest BCUT2D eigenvalue weighted by Gasteiger charge is 2.48. The summed E-state index contributed by atoms with van der Waals surface area (Å²) in [7, 11) is 0. The molecule has 2 aliphatic carbocycles. The Balaban J connectivity index is 1.70. The van der Waals surface area contributed by atoms with E-state index in [1.807, 2.05) is 0 Å². The first kappa shape index (κ1) is 10.1. The summed E-state index contributed by atoms with van der Waals surface area (Å²) in [6.07, 6.45) is 4.31. The normalized spacial score (nSPS) is 34.1. The Morgan fingerprint density at radius 1 is 1.06 bits per heavy atom. The molecule has 1 heterocycles. The highest BCUT2D eigenvalue weighted by molar-refractivity contribution is 5.82. The van der Waals surface area contributed by atoms with Gasteiger partial charge in [0.05, 0.1) is 5.92 Å². The van der Waals surface area contributed by atoms with Crippen LogP contribution in [0.25, 0.3) is 0 Å². The van der Waals surface area contributed by atoms with Crippen LogP contribution in [0.15, 0.2) is 0 Å². The highest BCUT2D eigenvalue weighted by atomic mass is 16.4. The van der Waals surface area contributed by atoms with Crippen LogP contribution in [0.4, 0.5) is 0 Å². The minimum absolute atomic E-state index is 0.203. The summed E-state index contributed by atoms with van der Waals surface area (Å²) in [5.74, 6) is 0.179. The molecule has 3 fully saturated rings. The lowest BCUT2D eigenvalue weighted by Gasteiger charge is -2.15. The summed E-state index contributed by atoms with van der Waals surface area (Å²) in [6.45, 7) is 1.14. The molecule has 1 aliphatic heterocycles. The molecule has 2 saturated carbocycles. The van der Waals surface area contributed by atoms with E-state index in [9.17, 15) is 14.7 Å². The predicted octanol–water partition coefficient (Wildman–Crippen LogP) is 0.966. The lowest BCUT2D eigenvalue weighted by atomic mass is 9.92. The number of aliphatic carboxylic acids is 1. The third kappa shape index (κ3) is 1.70. The van der Waals surface area contributed by atoms with E-state index in [0.717, 1.165) is 25.7 Å². The van der Waals surface area contributed by atoms with Gasteiger partial charge in [-0.2, -0.15) is 0 Å². The fraction of sp³-hybridized carbons (Fsp3) is 0.833. The number of rotatable bonds is 3. The molecule has 0 aromatic rings. The SMILES string of the molecule is O=C(O)[C@H]1CN(C(=O)C2CC2)C[C@@H]1C1CC1. The van der Waals surface area contributed by atoms with Crippen molar-refractivity contribution in [1.82, 2.24) is 4.90 Å². The zero-order valence-corrected chi connectivity index (χ0v) is 9.26. The predicted molar refractivity (Wildman–Crippen MR) is 56.6 cm³/mol. The molecular weight excluding hydrogens is 206 g/mol. The molecule has 1 saturated heterocycles. The largest absolute Gasteiger partial charge is 0.481 e. The Morgan fingerprint density at radius 3 is 2.25 bits per heavy atom. The highest BCUT2D eigenvalue weighted by Crippen LogP contribution is 2.45. The number of carboxylic acid groups (broad SMARTS) is 1. The third-order valence-electron chi connectivity index (χ3n) is 4.15. The van der Waals surface area contributed by atoms with Crippen molar-refractivity contribution in [3.63, 3.8) is 0 Å². The zero-order chi connectivity index (χ0) is 11.3. The minimum Gasteiger partial charge on any atom is -0.481 e. The van der Waals surface area contributed by atoms with Crippen molar-refractivity contribution >= 4 is 11.9 Å². The van der Waals surface area contributed by atoms with Crippen LogP contribution in [-0.2, 0) is 9.59 Å². The van der Waals surface area contributed by atoms with Gasteiger partial charge in [0, 0.05) is 19.0 Å². The second kappa shape index (κ2) is 3.47. The number of carbonyl (C=O) groups excluding carboxylic acids is 1. The minimum atomic E-state index is -0.719. The van der Waals surface area contributed by atoms with E-state index in [1.54, 1.807) is 4.90 Å². The number of carbonyl (C=O) groups is 2. The molecule has 0 aromatic heterocycles. The fourth-order valence-corrected chi connectivity index (χ4v) is 2.86. The van der Waals surface area contributed by atoms with Gasteiger partial charge in [0.25, 0.3) is 0 Å². The molecular formula is C12H17NO3. The van der Waals surface area contributed by atoms with Crippen molar-refractivity contribution in [1.29, 1.82) is 0 Å². The Kier molecular flexibility index (Phi) is 2.19. The van der Waals surface area contributed by atoms with E-state index in [0.29, 0.717) is 19.0 Å². The van der Waals surface area contributed by atoms with Crippen molar-refractivity contribution in [3.05, 3.63) is 0 Å². The van der Waals surface area contributed by atoms with Crippen LogP contribution in [0.2, 0.25) is 0 Å². The maximum Gasteiger partial charge on any atom is 0.308 e. The Bertz CT molecular complexity index is 333. The summed E-state index contributed by atoms with van der Waals surface area (Å²) in [5.41, 5.74) is 0. The number of nitrogens with zero attached hydrogens (tertiary/aromatic N) is 1. The van der Waals surface area contributed by atoms with Gasteiger partial charge < -0.3 is 10.0 Å². The van der Waals surface area contributed by atoms with Gasteiger partial charge in [-0.05, 0) is 37.5 Å². The Morgan fingerprint density at radius 2 is 1.75 bits per heavy atom. The average molecular weight is 223 g/mol. The van der Waals surface area contributed by atoms with Crippen LogP contribution >= 0.6 is 0 Å². The molecule has 0 spiro atoms. The number of carboxylic acids is 1. The number of hydrogen-bond donors (Lipinski definition) is 1. The van der Waals surface area contributed by atoms with Crippen molar-refractivity contribution in [2.45, 2.75) is 25.7 Å². The Hall–Kier alpha value is -1.06. The summed E-state index contributed by atoms with van der Waals surface area (Å²) in [4.78, 5) is 24.9. The van der Waals surface area contributed by atoms with E-state index in [2.05, 4.69) is 0 Å². The first-order valence-electron chi connectivity index (χ1n) is 6.18. The molecule has 1 amide bonds. The second-order valence-corrected chi connectivity index (χ2v) is 5.46. The maximum absolute atomic E-state index is 11.9. The topological polar surface area (TPSA) is 57.6 Å². The second-order valence-electron chi connectivity index (χ2n) is 5.46. The molecule has 2 atom stereocenters. The molecule has 4 nitrogen and oxygen atoms in total. The van der Waals surface area contributed by atoms with E-state index >= 15 is 0 Å². The van der Waals surface area contributed by atoms with Gasteiger partial charge in [0.15, 0.2) is 0 Å². The van der Waals surface area contributed by atoms with E-state index < -0.39 is 5.97 Å². The molecule has 16 heavy (non-hydrogen) atoms. The van der Waals surface area contributed by atoms with Gasteiger partial charge >= 0.3 is 5.97 Å². The van der Waals surface area contributed by atoms with Crippen molar-refractivity contribution < 1.29 is 14.7 Å². The number of amides is 1. The van der Waals surface area contributed by atoms with Crippen LogP contribution in [-0.4, -0.2) is 35.0 Å². The van der Waals surface area contributed by atoms with Crippen LogP contribution < -0.4 is 0 Å². The van der Waals surface area contributed by atoms with Gasteiger partial charge in [-0.15, -0.1) is 0 Å². The van der Waals surface area contributed by atoms with Crippen molar-refractivity contribution in [2.75, 3.05) is 13.1 Å². The van der Waals surface area contributed by atoms with Gasteiger partial charge in [-0.1, -0.05) is 0 Å². The van der Waals surface area contributed by atoms with Gasteiger partial charge in [0.2, 0.25) is 5.91 Å². The lowest BCUT2D eigenvalue weighted by molar-refractivity contribution is -0.142. The van der Waals surface area contributed by atoms with Gasteiger partial charge in [-0.3, -0.25) is 9.59 Å². The monoisotopic (exact) mass is 223 g/mol. The van der Waals surface area contributed by atoms with Crippen LogP contribution in [0, 0.1) is 23.7 Å². The number of hydrogen-bond acceptors (Lipinski definition) is 2. The quantitative estimate of drug-likeness (QED) is 0.775. The first-order chi connectivity index (χ1) is 7.66. The van der Waals surface area contributed by atoms with Crippen LogP contribution in [0.3, 0.4) is 0 Å². The third-order valence-corrected chi connectivity index (χ3v) is 4.15. The molecule has 3 aliphatic rings. The van der Waals surface area contributed by atoms with E-state index in [-0.39, 0.29) is 23.7 Å².